The molecule has 0 saturated carbocycles. The molecule has 6 heteroatoms. The van der Waals surface area contributed by atoms with E-state index in [1.54, 1.807) is 10.9 Å². The highest BCUT2D eigenvalue weighted by Gasteiger charge is 2.20. The third kappa shape index (κ3) is 3.44. The second-order valence-electron chi connectivity index (χ2n) is 4.10. The molecule has 1 aromatic carbocycles. The lowest BCUT2D eigenvalue weighted by Crippen LogP contribution is -2.14. The molecule has 0 saturated heterocycles. The van der Waals surface area contributed by atoms with Crippen molar-refractivity contribution in [1.29, 1.82) is 0 Å². The van der Waals surface area contributed by atoms with Crippen LogP contribution in [0.4, 0.5) is 0 Å². The molecule has 0 amide bonds. The van der Waals surface area contributed by atoms with E-state index in [1.165, 1.54) is 20.0 Å². The summed E-state index contributed by atoms with van der Waals surface area (Å²) in [6.45, 7) is 2.50. The molecular formula is C14H14N2O4. The molecule has 1 aromatic heterocycles. The van der Waals surface area contributed by atoms with Crippen LogP contribution in [0.15, 0.2) is 42.7 Å². The lowest BCUT2D eigenvalue weighted by molar-refractivity contribution is -0.186. The van der Waals surface area contributed by atoms with Crippen molar-refractivity contribution in [3.05, 3.63) is 48.3 Å². The van der Waals surface area contributed by atoms with E-state index in [1.807, 2.05) is 30.3 Å². The average Bonchev–Trinajstić information content (AvgIpc) is 2.87. The summed E-state index contributed by atoms with van der Waals surface area (Å²) in [4.78, 5) is 22.1. The predicted octanol–water partition coefficient (Wildman–Crippen LogP) is 2.00. The molecule has 0 unspecified atom stereocenters. The molecular weight excluding hydrogens is 260 g/mol. The maximum absolute atomic E-state index is 11.0. The maximum Gasteiger partial charge on any atom is 0.305 e. The molecule has 1 heterocycles. The molecule has 104 valence electrons. The van der Waals surface area contributed by atoms with Gasteiger partial charge in [0.15, 0.2) is 0 Å². The first-order valence-corrected chi connectivity index (χ1v) is 6.00. The van der Waals surface area contributed by atoms with Crippen molar-refractivity contribution in [1.82, 2.24) is 9.78 Å². The largest absolute Gasteiger partial charge is 0.421 e. The highest BCUT2D eigenvalue weighted by Crippen LogP contribution is 2.20. The number of hydrogen-bond donors (Lipinski definition) is 0. The fourth-order valence-corrected chi connectivity index (χ4v) is 1.64. The molecule has 0 bridgehead atoms. The number of nitrogens with zero attached hydrogens (tertiary/aromatic N) is 2. The molecule has 6 nitrogen and oxygen atoms in total. The van der Waals surface area contributed by atoms with Crippen molar-refractivity contribution >= 4 is 11.9 Å². The minimum absolute atomic E-state index is 0.485. The van der Waals surface area contributed by atoms with Crippen LogP contribution in [0.2, 0.25) is 0 Å². The van der Waals surface area contributed by atoms with Gasteiger partial charge in [0, 0.05) is 20.0 Å². The van der Waals surface area contributed by atoms with E-state index < -0.39 is 18.2 Å². The van der Waals surface area contributed by atoms with Crippen LogP contribution in [-0.2, 0) is 19.1 Å². The Morgan fingerprint density at radius 1 is 1.10 bits per heavy atom. The van der Waals surface area contributed by atoms with E-state index in [0.717, 1.165) is 5.69 Å². The standard InChI is InChI=1S/C14H14N2O4/c1-10(17)19-14(20-11(2)18)12-8-15-16(9-12)13-6-4-3-5-7-13/h3-9,14H,1-2H3. The van der Waals surface area contributed by atoms with Crippen molar-refractivity contribution in [2.24, 2.45) is 0 Å². The van der Waals surface area contributed by atoms with E-state index in [2.05, 4.69) is 5.10 Å². The Morgan fingerprint density at radius 3 is 2.25 bits per heavy atom. The van der Waals surface area contributed by atoms with Crippen molar-refractivity contribution in [2.75, 3.05) is 0 Å². The number of ether oxygens (including phenoxy) is 2. The van der Waals surface area contributed by atoms with Crippen molar-refractivity contribution < 1.29 is 19.1 Å². The van der Waals surface area contributed by atoms with Gasteiger partial charge in [-0.25, -0.2) is 4.68 Å². The number of carbonyl (C=O) groups is 2. The summed E-state index contributed by atoms with van der Waals surface area (Å²) in [6.07, 6.45) is 2.05. The van der Waals surface area contributed by atoms with Gasteiger partial charge in [-0.2, -0.15) is 5.10 Å². The van der Waals surface area contributed by atoms with Gasteiger partial charge in [0.25, 0.3) is 6.29 Å². The van der Waals surface area contributed by atoms with Crippen molar-refractivity contribution in [3.8, 4) is 5.69 Å². The van der Waals surface area contributed by atoms with Gasteiger partial charge in [0.2, 0.25) is 0 Å². The van der Waals surface area contributed by atoms with E-state index >= 15 is 0 Å². The van der Waals surface area contributed by atoms with Gasteiger partial charge in [-0.1, -0.05) is 18.2 Å². The quantitative estimate of drug-likeness (QED) is 0.630. The Hall–Kier alpha value is -2.63. The first-order valence-electron chi connectivity index (χ1n) is 6.00. The van der Waals surface area contributed by atoms with Crippen LogP contribution in [-0.4, -0.2) is 21.7 Å². The second-order valence-corrected chi connectivity index (χ2v) is 4.10. The highest BCUT2D eigenvalue weighted by atomic mass is 16.7. The van der Waals surface area contributed by atoms with Gasteiger partial charge in [0.1, 0.15) is 0 Å². The Morgan fingerprint density at radius 2 is 1.70 bits per heavy atom. The summed E-state index contributed by atoms with van der Waals surface area (Å²) < 4.78 is 11.5. The molecule has 0 aliphatic heterocycles. The third-order valence-corrected chi connectivity index (χ3v) is 2.44. The summed E-state index contributed by atoms with van der Waals surface area (Å²) in [6, 6.07) is 9.42. The van der Waals surface area contributed by atoms with E-state index in [-0.39, 0.29) is 0 Å². The fourth-order valence-electron chi connectivity index (χ4n) is 1.64. The molecule has 0 radical (unpaired) electrons. The van der Waals surface area contributed by atoms with Crippen LogP contribution >= 0.6 is 0 Å². The Balaban J connectivity index is 2.24. The molecule has 0 spiro atoms. The number of aromatic nitrogens is 2. The zero-order chi connectivity index (χ0) is 14.5. The van der Waals surface area contributed by atoms with Crippen LogP contribution in [0.25, 0.3) is 5.69 Å². The van der Waals surface area contributed by atoms with Crippen LogP contribution in [0, 0.1) is 0 Å². The SMILES string of the molecule is CC(=O)OC(OC(C)=O)c1cnn(-c2ccccc2)c1. The van der Waals surface area contributed by atoms with Crippen LogP contribution in [0.5, 0.6) is 0 Å². The van der Waals surface area contributed by atoms with Gasteiger partial charge in [0.05, 0.1) is 17.4 Å². The first-order chi connectivity index (χ1) is 9.56. The van der Waals surface area contributed by atoms with Gasteiger partial charge < -0.3 is 9.47 Å². The summed E-state index contributed by atoms with van der Waals surface area (Å²) >= 11 is 0. The summed E-state index contributed by atoms with van der Waals surface area (Å²) in [5, 5.41) is 4.16. The number of rotatable bonds is 4. The van der Waals surface area contributed by atoms with Crippen molar-refractivity contribution in [2.45, 2.75) is 20.1 Å². The lowest BCUT2D eigenvalue weighted by atomic mass is 10.3. The van der Waals surface area contributed by atoms with E-state index in [0.29, 0.717) is 5.56 Å². The smallest absolute Gasteiger partial charge is 0.305 e. The Kier molecular flexibility index (Phi) is 4.14. The number of para-hydroxylation sites is 1. The minimum Gasteiger partial charge on any atom is -0.421 e. The molecule has 0 aliphatic carbocycles. The van der Waals surface area contributed by atoms with Crippen LogP contribution in [0.3, 0.4) is 0 Å². The molecule has 0 aliphatic rings. The maximum atomic E-state index is 11.0. The highest BCUT2D eigenvalue weighted by molar-refractivity contribution is 5.68. The van der Waals surface area contributed by atoms with Gasteiger partial charge in [-0.3, -0.25) is 9.59 Å². The Bertz CT molecular complexity index is 591. The second kappa shape index (κ2) is 6.01. The van der Waals surface area contributed by atoms with Gasteiger partial charge in [-0.15, -0.1) is 0 Å². The Labute approximate surface area is 115 Å². The normalized spacial score (nSPS) is 10.3. The lowest BCUT2D eigenvalue weighted by Gasteiger charge is -2.14. The monoisotopic (exact) mass is 274 g/mol. The van der Waals surface area contributed by atoms with E-state index in [4.69, 9.17) is 9.47 Å². The third-order valence-electron chi connectivity index (χ3n) is 2.44. The molecule has 2 aromatic rings. The number of benzene rings is 1. The van der Waals surface area contributed by atoms with Crippen molar-refractivity contribution in [3.63, 3.8) is 0 Å². The van der Waals surface area contributed by atoms with Gasteiger partial charge in [-0.05, 0) is 12.1 Å². The zero-order valence-corrected chi connectivity index (χ0v) is 11.1. The molecule has 0 N–H and O–H groups in total. The minimum atomic E-state index is -1.08. The first kappa shape index (κ1) is 13.8. The number of hydrogen-bond acceptors (Lipinski definition) is 5. The summed E-state index contributed by atoms with van der Waals surface area (Å²) in [5.74, 6) is -1.08. The molecule has 20 heavy (non-hydrogen) atoms. The summed E-state index contributed by atoms with van der Waals surface area (Å²) in [5.41, 5.74) is 1.34. The number of esters is 2. The van der Waals surface area contributed by atoms with Crippen LogP contribution in [0.1, 0.15) is 25.7 Å². The number of carbonyl (C=O) groups excluding carboxylic acids is 2. The van der Waals surface area contributed by atoms with E-state index in [9.17, 15) is 9.59 Å². The summed E-state index contributed by atoms with van der Waals surface area (Å²) in [7, 11) is 0. The predicted molar refractivity (Wildman–Crippen MR) is 69.8 cm³/mol. The molecule has 0 atom stereocenters. The average molecular weight is 274 g/mol. The van der Waals surface area contributed by atoms with Crippen LogP contribution < -0.4 is 0 Å². The molecule has 0 fully saturated rings. The topological polar surface area (TPSA) is 70.4 Å². The van der Waals surface area contributed by atoms with Gasteiger partial charge >= 0.3 is 11.9 Å². The zero-order valence-electron chi connectivity index (χ0n) is 11.1. The molecule has 2 rings (SSSR count). The fraction of sp³-hybridized carbons (Fsp3) is 0.214.